The Balaban J connectivity index is 3.02. The molecule has 0 heterocycles. The molecule has 1 aromatic carbocycles. The molecule has 0 aliphatic rings. The maximum atomic E-state index is 11.9. The molecule has 0 aromatic heterocycles. The van der Waals surface area contributed by atoms with Crippen LogP contribution >= 0.6 is 11.6 Å². The van der Waals surface area contributed by atoms with Gasteiger partial charge in [0.15, 0.2) is 0 Å². The van der Waals surface area contributed by atoms with Gasteiger partial charge in [-0.1, -0.05) is 17.7 Å². The second-order valence-electron chi connectivity index (χ2n) is 2.43. The number of hydrogen-bond donors (Lipinski definition) is 0. The van der Waals surface area contributed by atoms with Crippen molar-refractivity contribution in [3.05, 3.63) is 28.8 Å². The van der Waals surface area contributed by atoms with Gasteiger partial charge < -0.3 is 4.74 Å². The zero-order valence-electron chi connectivity index (χ0n) is 7.01. The van der Waals surface area contributed by atoms with Crippen LogP contribution in [0.2, 0.25) is 5.02 Å². The van der Waals surface area contributed by atoms with E-state index in [1.165, 1.54) is 18.2 Å². The Bertz CT molecular complexity index is 362. The Morgan fingerprint density at radius 1 is 1.50 bits per heavy atom. The zero-order chi connectivity index (χ0) is 10.6. The third-order valence-electron chi connectivity index (χ3n) is 1.55. The molecule has 0 N–H and O–H groups in total. The predicted molar refractivity (Wildman–Crippen MR) is 47.4 cm³/mol. The van der Waals surface area contributed by atoms with Gasteiger partial charge in [0.1, 0.15) is 5.75 Å². The van der Waals surface area contributed by atoms with Gasteiger partial charge in [0, 0.05) is 10.6 Å². The molecule has 0 saturated carbocycles. The van der Waals surface area contributed by atoms with Gasteiger partial charge in [-0.3, -0.25) is 0 Å². The van der Waals surface area contributed by atoms with E-state index < -0.39 is 6.61 Å². The monoisotopic (exact) mass is 217 g/mol. The molecule has 2 nitrogen and oxygen atoms in total. The van der Waals surface area contributed by atoms with Crippen molar-refractivity contribution < 1.29 is 13.5 Å². The third-order valence-corrected chi connectivity index (χ3v) is 1.90. The number of nitriles is 1. The minimum absolute atomic E-state index is 0.0472. The molecule has 1 rings (SSSR count). The molecule has 0 bridgehead atoms. The number of alkyl halides is 2. The van der Waals surface area contributed by atoms with Crippen LogP contribution in [0.25, 0.3) is 0 Å². The van der Waals surface area contributed by atoms with E-state index in [4.69, 9.17) is 16.9 Å². The standard InChI is InChI=1S/C9H6ClF2NO/c10-7-2-1-3-8(14-9(11)12)6(7)4-5-13/h1-3,9H,4H2. The average molecular weight is 218 g/mol. The topological polar surface area (TPSA) is 33.0 Å². The summed E-state index contributed by atoms with van der Waals surface area (Å²) in [5, 5.41) is 8.71. The summed E-state index contributed by atoms with van der Waals surface area (Å²) in [6, 6.07) is 6.19. The highest BCUT2D eigenvalue weighted by atomic mass is 35.5. The van der Waals surface area contributed by atoms with Gasteiger partial charge in [-0.15, -0.1) is 0 Å². The van der Waals surface area contributed by atoms with Gasteiger partial charge in [-0.25, -0.2) is 0 Å². The zero-order valence-corrected chi connectivity index (χ0v) is 7.76. The normalized spacial score (nSPS) is 9.93. The summed E-state index contributed by atoms with van der Waals surface area (Å²) in [6.45, 7) is -2.91. The van der Waals surface area contributed by atoms with E-state index in [1.54, 1.807) is 0 Å². The number of ether oxygens (including phenoxy) is 1. The Kier molecular flexibility index (Phi) is 3.66. The van der Waals surface area contributed by atoms with Crippen LogP contribution in [0.3, 0.4) is 0 Å². The largest absolute Gasteiger partial charge is 0.434 e. The number of rotatable bonds is 3. The van der Waals surface area contributed by atoms with E-state index in [9.17, 15) is 8.78 Å². The van der Waals surface area contributed by atoms with Crippen LogP contribution in [0.5, 0.6) is 5.75 Å². The van der Waals surface area contributed by atoms with Crippen LogP contribution < -0.4 is 4.74 Å². The molecule has 0 atom stereocenters. The molecule has 1 aromatic rings. The van der Waals surface area contributed by atoms with E-state index in [0.717, 1.165) is 0 Å². The SMILES string of the molecule is N#CCc1c(Cl)cccc1OC(F)F. The van der Waals surface area contributed by atoms with Gasteiger partial charge >= 0.3 is 6.61 Å². The Hall–Kier alpha value is -1.34. The molecule has 0 radical (unpaired) electrons. The van der Waals surface area contributed by atoms with Crippen molar-refractivity contribution in [2.45, 2.75) is 13.0 Å². The van der Waals surface area contributed by atoms with E-state index >= 15 is 0 Å². The fraction of sp³-hybridized carbons (Fsp3) is 0.222. The molecule has 0 aliphatic heterocycles. The first-order chi connectivity index (χ1) is 6.65. The van der Waals surface area contributed by atoms with Crippen LogP contribution in [0, 0.1) is 11.3 Å². The number of hydrogen-bond acceptors (Lipinski definition) is 2. The first kappa shape index (κ1) is 10.7. The number of nitrogens with zero attached hydrogens (tertiary/aromatic N) is 1. The first-order valence-electron chi connectivity index (χ1n) is 3.74. The smallest absolute Gasteiger partial charge is 0.387 e. The molecule has 0 unspecified atom stereocenters. The van der Waals surface area contributed by atoms with Crippen LogP contribution in [0.1, 0.15) is 5.56 Å². The highest BCUT2D eigenvalue weighted by Crippen LogP contribution is 2.27. The molecule has 0 fully saturated rings. The molecule has 0 spiro atoms. The van der Waals surface area contributed by atoms with Crippen molar-refractivity contribution in [1.82, 2.24) is 0 Å². The van der Waals surface area contributed by atoms with Gasteiger partial charge in [-0.05, 0) is 12.1 Å². The van der Waals surface area contributed by atoms with E-state index in [-0.39, 0.29) is 22.8 Å². The second kappa shape index (κ2) is 4.77. The predicted octanol–water partition coefficient (Wildman–Crippen LogP) is 3.01. The van der Waals surface area contributed by atoms with Gasteiger partial charge in [0.05, 0.1) is 12.5 Å². The molecule has 0 amide bonds. The maximum absolute atomic E-state index is 11.9. The van der Waals surface area contributed by atoms with Gasteiger partial charge in [-0.2, -0.15) is 14.0 Å². The Labute approximate surface area is 84.7 Å². The van der Waals surface area contributed by atoms with Crippen molar-refractivity contribution in [2.24, 2.45) is 0 Å². The van der Waals surface area contributed by atoms with Crippen LogP contribution in [-0.2, 0) is 6.42 Å². The minimum Gasteiger partial charge on any atom is -0.434 e. The summed E-state index contributed by atoms with van der Waals surface area (Å²) in [5.74, 6) is -0.0472. The van der Waals surface area contributed by atoms with Gasteiger partial charge in [0.2, 0.25) is 0 Å². The number of halogens is 3. The lowest BCUT2D eigenvalue weighted by atomic mass is 10.1. The molecule has 0 saturated heterocycles. The van der Waals surface area contributed by atoms with Crippen molar-refractivity contribution in [3.8, 4) is 11.8 Å². The molecule has 0 aliphatic carbocycles. The van der Waals surface area contributed by atoms with E-state index in [0.29, 0.717) is 0 Å². The van der Waals surface area contributed by atoms with Gasteiger partial charge in [0.25, 0.3) is 0 Å². The summed E-state index contributed by atoms with van der Waals surface area (Å²) in [5.41, 5.74) is 0.289. The van der Waals surface area contributed by atoms with Crippen molar-refractivity contribution in [3.63, 3.8) is 0 Å². The van der Waals surface area contributed by atoms with Crippen LogP contribution in [0.15, 0.2) is 18.2 Å². The minimum atomic E-state index is -2.91. The van der Waals surface area contributed by atoms with E-state index in [2.05, 4.69) is 4.74 Å². The summed E-state index contributed by atoms with van der Waals surface area (Å²) >= 11 is 5.72. The summed E-state index contributed by atoms with van der Waals surface area (Å²) in [6.07, 6.45) is -0.0538. The second-order valence-corrected chi connectivity index (χ2v) is 2.84. The first-order valence-corrected chi connectivity index (χ1v) is 4.12. The fourth-order valence-electron chi connectivity index (χ4n) is 0.996. The Morgan fingerprint density at radius 2 is 2.21 bits per heavy atom. The summed E-state index contributed by atoms with van der Waals surface area (Å²) in [7, 11) is 0. The lowest BCUT2D eigenvalue weighted by molar-refractivity contribution is -0.0503. The number of benzene rings is 1. The maximum Gasteiger partial charge on any atom is 0.387 e. The lowest BCUT2D eigenvalue weighted by Crippen LogP contribution is -2.04. The van der Waals surface area contributed by atoms with Crippen molar-refractivity contribution in [1.29, 1.82) is 5.26 Å². The Morgan fingerprint density at radius 3 is 2.79 bits per heavy atom. The lowest BCUT2D eigenvalue weighted by Gasteiger charge is -2.09. The van der Waals surface area contributed by atoms with Crippen LogP contribution in [-0.4, -0.2) is 6.61 Å². The van der Waals surface area contributed by atoms with Crippen LogP contribution in [0.4, 0.5) is 8.78 Å². The summed E-state index contributed by atoms with van der Waals surface area (Å²) in [4.78, 5) is 0. The third kappa shape index (κ3) is 2.57. The van der Waals surface area contributed by atoms with Crippen molar-refractivity contribution in [2.75, 3.05) is 0 Å². The van der Waals surface area contributed by atoms with E-state index in [1.807, 2.05) is 6.07 Å². The molecule has 5 heteroatoms. The molecule has 14 heavy (non-hydrogen) atoms. The summed E-state index contributed by atoms with van der Waals surface area (Å²) < 4.78 is 28.1. The van der Waals surface area contributed by atoms with Crippen molar-refractivity contribution >= 4 is 11.6 Å². The molecular weight excluding hydrogens is 212 g/mol. The molecular formula is C9H6ClF2NO. The average Bonchev–Trinajstić information content (AvgIpc) is 2.10. The highest BCUT2D eigenvalue weighted by Gasteiger charge is 2.11. The molecule has 74 valence electrons. The fourth-order valence-corrected chi connectivity index (χ4v) is 1.23. The quantitative estimate of drug-likeness (QED) is 0.780. The highest BCUT2D eigenvalue weighted by molar-refractivity contribution is 6.31.